The lowest BCUT2D eigenvalue weighted by Crippen LogP contribution is -2.08. The van der Waals surface area contributed by atoms with E-state index in [0.29, 0.717) is 12.8 Å². The Hall–Kier alpha value is -1.65. The number of nitrogen functional groups attached to an aromatic ring is 1. The Balaban J connectivity index is 2.11. The van der Waals surface area contributed by atoms with E-state index in [1.54, 1.807) is 4.52 Å². The van der Waals surface area contributed by atoms with Crippen LogP contribution in [0.4, 0.5) is 10.3 Å². The van der Waals surface area contributed by atoms with Crippen molar-refractivity contribution in [3.05, 3.63) is 24.0 Å². The normalized spacial score (nSPS) is 25.3. The Morgan fingerprint density at radius 2 is 2.31 bits per heavy atom. The summed E-state index contributed by atoms with van der Waals surface area (Å²) in [6, 6.07) is 3.84. The van der Waals surface area contributed by atoms with Crippen molar-refractivity contribution in [3.63, 3.8) is 0 Å². The highest BCUT2D eigenvalue weighted by Crippen LogP contribution is 2.36. The van der Waals surface area contributed by atoms with Crippen LogP contribution >= 0.6 is 0 Å². The van der Waals surface area contributed by atoms with Crippen LogP contribution in [0.25, 0.3) is 5.52 Å². The Morgan fingerprint density at radius 1 is 1.44 bits per heavy atom. The molecule has 0 aliphatic heterocycles. The largest absolute Gasteiger partial charge is 0.367 e. The summed E-state index contributed by atoms with van der Waals surface area (Å²) in [7, 11) is 0. The van der Waals surface area contributed by atoms with E-state index in [9.17, 15) is 4.39 Å². The summed E-state index contributed by atoms with van der Waals surface area (Å²) in [6.45, 7) is 0. The van der Waals surface area contributed by atoms with Crippen molar-refractivity contribution < 1.29 is 4.39 Å². The summed E-state index contributed by atoms with van der Waals surface area (Å²) in [4.78, 5) is 4.27. The van der Waals surface area contributed by atoms with E-state index in [2.05, 4.69) is 10.1 Å². The molecule has 16 heavy (non-hydrogen) atoms. The Morgan fingerprint density at radius 3 is 3.06 bits per heavy atom. The van der Waals surface area contributed by atoms with Gasteiger partial charge in [-0.3, -0.25) is 0 Å². The molecule has 2 aromatic heterocycles. The molecule has 0 aromatic carbocycles. The molecule has 3 rings (SSSR count). The highest BCUT2D eigenvalue weighted by molar-refractivity contribution is 5.54. The molecule has 0 unspecified atom stereocenters. The first kappa shape index (κ1) is 9.57. The number of alkyl halides is 1. The minimum atomic E-state index is -0.698. The van der Waals surface area contributed by atoms with Crippen LogP contribution in [-0.4, -0.2) is 20.8 Å². The summed E-state index contributed by atoms with van der Waals surface area (Å²) < 4.78 is 14.9. The van der Waals surface area contributed by atoms with E-state index in [0.717, 1.165) is 17.6 Å². The van der Waals surface area contributed by atoms with Crippen molar-refractivity contribution in [1.29, 1.82) is 0 Å². The number of rotatable bonds is 1. The van der Waals surface area contributed by atoms with Gasteiger partial charge in [0.15, 0.2) is 0 Å². The molecule has 0 radical (unpaired) electrons. The van der Waals surface area contributed by atoms with Crippen molar-refractivity contribution in [3.8, 4) is 0 Å². The smallest absolute Gasteiger partial charge is 0.238 e. The summed E-state index contributed by atoms with van der Waals surface area (Å²) in [5.74, 6) is 0.429. The lowest BCUT2D eigenvalue weighted by Gasteiger charge is -2.10. The first-order chi connectivity index (χ1) is 7.74. The summed E-state index contributed by atoms with van der Waals surface area (Å²) >= 11 is 0. The SMILES string of the molecule is Nc1nc([C@H]2CC[C@@H](F)C2)c2cccn2n1. The van der Waals surface area contributed by atoms with Crippen LogP contribution in [0.2, 0.25) is 0 Å². The quantitative estimate of drug-likeness (QED) is 0.798. The van der Waals surface area contributed by atoms with Crippen LogP contribution in [0.3, 0.4) is 0 Å². The lowest BCUT2D eigenvalue weighted by molar-refractivity contribution is 0.339. The maximum atomic E-state index is 13.2. The van der Waals surface area contributed by atoms with Gasteiger partial charge in [-0.1, -0.05) is 0 Å². The van der Waals surface area contributed by atoms with E-state index < -0.39 is 6.17 Å². The number of hydrogen-bond donors (Lipinski definition) is 1. The predicted octanol–water partition coefficient (Wildman–Crippen LogP) is 1.92. The van der Waals surface area contributed by atoms with Crippen molar-refractivity contribution in [2.24, 2.45) is 0 Å². The minimum Gasteiger partial charge on any atom is -0.367 e. The molecular formula is C11H13FN4. The maximum Gasteiger partial charge on any atom is 0.238 e. The molecule has 5 heteroatoms. The van der Waals surface area contributed by atoms with Crippen LogP contribution in [0, 0.1) is 0 Å². The van der Waals surface area contributed by atoms with Gasteiger partial charge in [0, 0.05) is 12.1 Å². The van der Waals surface area contributed by atoms with E-state index in [1.807, 2.05) is 18.3 Å². The molecule has 84 valence electrons. The third-order valence-electron chi connectivity index (χ3n) is 3.19. The van der Waals surface area contributed by atoms with Crippen LogP contribution in [0.15, 0.2) is 18.3 Å². The molecule has 4 nitrogen and oxygen atoms in total. The molecule has 1 aliphatic carbocycles. The molecule has 2 atom stereocenters. The zero-order valence-corrected chi connectivity index (χ0v) is 8.81. The zero-order chi connectivity index (χ0) is 11.1. The molecule has 1 saturated carbocycles. The van der Waals surface area contributed by atoms with Gasteiger partial charge in [-0.25, -0.2) is 13.9 Å². The van der Waals surface area contributed by atoms with Gasteiger partial charge in [0.2, 0.25) is 5.95 Å². The fourth-order valence-corrected chi connectivity index (χ4v) is 2.45. The molecule has 1 aliphatic rings. The van der Waals surface area contributed by atoms with Crippen molar-refractivity contribution in [1.82, 2.24) is 14.6 Å². The standard InChI is InChI=1S/C11H13FN4/c12-8-4-3-7(6-8)10-9-2-1-5-16(9)15-11(13)14-10/h1-2,5,7-8H,3-4,6H2,(H2,13,15)/t7-,8+/m0/s1. The number of fused-ring (bicyclic) bond motifs is 1. The van der Waals surface area contributed by atoms with Crippen LogP contribution in [0.5, 0.6) is 0 Å². The van der Waals surface area contributed by atoms with Crippen molar-refractivity contribution >= 4 is 11.5 Å². The third-order valence-corrected chi connectivity index (χ3v) is 3.19. The second-order valence-corrected chi connectivity index (χ2v) is 4.30. The molecule has 2 aromatic rings. The van der Waals surface area contributed by atoms with Gasteiger partial charge >= 0.3 is 0 Å². The van der Waals surface area contributed by atoms with Crippen molar-refractivity contribution in [2.45, 2.75) is 31.4 Å². The van der Waals surface area contributed by atoms with Gasteiger partial charge in [0.25, 0.3) is 0 Å². The van der Waals surface area contributed by atoms with Gasteiger partial charge in [-0.15, -0.1) is 5.10 Å². The van der Waals surface area contributed by atoms with E-state index in [4.69, 9.17) is 5.73 Å². The number of nitrogens with zero attached hydrogens (tertiary/aromatic N) is 3. The lowest BCUT2D eigenvalue weighted by atomic mass is 10.0. The van der Waals surface area contributed by atoms with Gasteiger partial charge in [-0.05, 0) is 31.4 Å². The molecule has 2 N–H and O–H groups in total. The summed E-state index contributed by atoms with van der Waals surface area (Å²) in [6.07, 6.45) is 3.16. The minimum absolute atomic E-state index is 0.178. The third kappa shape index (κ3) is 1.43. The highest BCUT2D eigenvalue weighted by atomic mass is 19.1. The maximum absolute atomic E-state index is 13.2. The second-order valence-electron chi connectivity index (χ2n) is 4.30. The van der Waals surface area contributed by atoms with Gasteiger partial charge in [-0.2, -0.15) is 0 Å². The Bertz CT molecular complexity index is 522. The topological polar surface area (TPSA) is 56.2 Å². The van der Waals surface area contributed by atoms with E-state index in [1.165, 1.54) is 0 Å². The zero-order valence-electron chi connectivity index (χ0n) is 8.81. The van der Waals surface area contributed by atoms with E-state index >= 15 is 0 Å². The molecular weight excluding hydrogens is 207 g/mol. The average Bonchev–Trinajstić information content (AvgIpc) is 2.84. The Kier molecular flexibility index (Phi) is 2.05. The predicted molar refractivity (Wildman–Crippen MR) is 58.9 cm³/mol. The molecule has 0 amide bonds. The molecule has 1 fully saturated rings. The number of anilines is 1. The number of halogens is 1. The number of aromatic nitrogens is 3. The molecule has 2 heterocycles. The number of hydrogen-bond acceptors (Lipinski definition) is 3. The fourth-order valence-electron chi connectivity index (χ4n) is 2.45. The van der Waals surface area contributed by atoms with E-state index in [-0.39, 0.29) is 11.9 Å². The Labute approximate surface area is 92.3 Å². The number of nitrogens with two attached hydrogens (primary N) is 1. The van der Waals surface area contributed by atoms with Crippen LogP contribution in [-0.2, 0) is 0 Å². The fraction of sp³-hybridized carbons (Fsp3) is 0.455. The molecule has 0 bridgehead atoms. The van der Waals surface area contributed by atoms with Crippen LogP contribution in [0.1, 0.15) is 30.9 Å². The second kappa shape index (κ2) is 3.43. The molecule has 0 saturated heterocycles. The van der Waals surface area contributed by atoms with Gasteiger partial charge in [0.1, 0.15) is 6.17 Å². The molecule has 0 spiro atoms. The average molecular weight is 220 g/mol. The summed E-state index contributed by atoms with van der Waals surface area (Å²) in [5, 5.41) is 4.08. The first-order valence-electron chi connectivity index (χ1n) is 5.49. The monoisotopic (exact) mass is 220 g/mol. The van der Waals surface area contributed by atoms with Crippen LogP contribution < -0.4 is 5.73 Å². The van der Waals surface area contributed by atoms with Gasteiger partial charge in [0.05, 0.1) is 11.2 Å². The van der Waals surface area contributed by atoms with Gasteiger partial charge < -0.3 is 5.73 Å². The van der Waals surface area contributed by atoms with Crippen molar-refractivity contribution in [2.75, 3.05) is 5.73 Å². The highest BCUT2D eigenvalue weighted by Gasteiger charge is 2.28. The summed E-state index contributed by atoms with van der Waals surface area (Å²) in [5.41, 5.74) is 7.47. The first-order valence-corrected chi connectivity index (χ1v) is 5.49.